The molecule has 1 aliphatic heterocycles. The normalized spacial score (nSPS) is 21.6. The molecule has 0 atom stereocenters. The number of aliphatic hydroxyl groups is 1. The summed E-state index contributed by atoms with van der Waals surface area (Å²) in [5, 5.41) is 10.3. The number of piperazine rings is 1. The van der Waals surface area contributed by atoms with Gasteiger partial charge in [-0.25, -0.2) is 4.98 Å². The lowest BCUT2D eigenvalue weighted by Gasteiger charge is -2.34. The Hall–Kier alpha value is -0.650. The lowest BCUT2D eigenvalue weighted by Crippen LogP contribution is -2.47. The van der Waals surface area contributed by atoms with E-state index < -0.39 is 0 Å². The van der Waals surface area contributed by atoms with E-state index in [1.807, 2.05) is 6.92 Å². The summed E-state index contributed by atoms with van der Waals surface area (Å²) in [4.78, 5) is 10.5. The lowest BCUT2D eigenvalue weighted by molar-refractivity contribution is 0.248. The SMILES string of the molecule is Cc1nc(N2CCN(CC3CC3)CC2)sc1CO. The van der Waals surface area contributed by atoms with Gasteiger partial charge in [0.25, 0.3) is 0 Å². The average molecular weight is 267 g/mol. The molecule has 1 aromatic heterocycles. The second kappa shape index (κ2) is 5.15. The maximum absolute atomic E-state index is 9.22. The first-order chi connectivity index (χ1) is 8.76. The molecule has 1 saturated heterocycles. The third-order valence-electron chi connectivity index (χ3n) is 3.88. The zero-order valence-electron chi connectivity index (χ0n) is 10.9. The maximum Gasteiger partial charge on any atom is 0.185 e. The highest BCUT2D eigenvalue weighted by Crippen LogP contribution is 2.31. The molecule has 100 valence electrons. The van der Waals surface area contributed by atoms with Gasteiger partial charge in [0.2, 0.25) is 0 Å². The van der Waals surface area contributed by atoms with Gasteiger partial charge in [0, 0.05) is 32.7 Å². The topological polar surface area (TPSA) is 39.6 Å². The molecule has 0 amide bonds. The van der Waals surface area contributed by atoms with Crippen LogP contribution in [0, 0.1) is 12.8 Å². The predicted octanol–water partition coefficient (Wildman–Crippen LogP) is 1.48. The molecule has 3 rings (SSSR count). The van der Waals surface area contributed by atoms with Gasteiger partial charge in [-0.1, -0.05) is 11.3 Å². The Labute approximate surface area is 112 Å². The molecule has 1 aromatic rings. The minimum atomic E-state index is 0.116. The molecule has 1 aliphatic carbocycles. The molecule has 4 nitrogen and oxygen atoms in total. The van der Waals surface area contributed by atoms with Crippen LogP contribution in [-0.2, 0) is 6.61 Å². The van der Waals surface area contributed by atoms with Crippen LogP contribution in [0.2, 0.25) is 0 Å². The summed E-state index contributed by atoms with van der Waals surface area (Å²) in [5.41, 5.74) is 0.984. The van der Waals surface area contributed by atoms with Gasteiger partial charge in [-0.2, -0.15) is 0 Å². The Kier molecular flexibility index (Phi) is 3.54. The number of thiazole rings is 1. The smallest absolute Gasteiger partial charge is 0.185 e. The highest BCUT2D eigenvalue weighted by atomic mass is 32.1. The third kappa shape index (κ3) is 2.68. The Morgan fingerprint density at radius 2 is 2.00 bits per heavy atom. The molecule has 2 aliphatic rings. The molecule has 5 heteroatoms. The molecule has 0 aromatic carbocycles. The van der Waals surface area contributed by atoms with E-state index in [1.165, 1.54) is 19.4 Å². The highest BCUT2D eigenvalue weighted by Gasteiger charge is 2.27. The number of aromatic nitrogens is 1. The minimum Gasteiger partial charge on any atom is -0.391 e. The van der Waals surface area contributed by atoms with Crippen molar-refractivity contribution in [3.8, 4) is 0 Å². The van der Waals surface area contributed by atoms with Crippen LogP contribution in [0.5, 0.6) is 0 Å². The zero-order valence-corrected chi connectivity index (χ0v) is 11.7. The molecule has 0 unspecified atom stereocenters. The van der Waals surface area contributed by atoms with Crippen molar-refractivity contribution in [3.63, 3.8) is 0 Å². The largest absolute Gasteiger partial charge is 0.391 e. The van der Waals surface area contributed by atoms with Crippen molar-refractivity contribution in [1.29, 1.82) is 0 Å². The van der Waals surface area contributed by atoms with Crippen LogP contribution in [0.1, 0.15) is 23.4 Å². The van der Waals surface area contributed by atoms with Gasteiger partial charge in [-0.15, -0.1) is 0 Å². The van der Waals surface area contributed by atoms with E-state index in [0.717, 1.165) is 47.8 Å². The van der Waals surface area contributed by atoms with Crippen LogP contribution in [0.15, 0.2) is 0 Å². The molecule has 1 N–H and O–H groups in total. The van der Waals surface area contributed by atoms with Gasteiger partial charge in [-0.3, -0.25) is 4.90 Å². The summed E-state index contributed by atoms with van der Waals surface area (Å²) in [6.07, 6.45) is 2.87. The average Bonchev–Trinajstić information content (AvgIpc) is 3.11. The lowest BCUT2D eigenvalue weighted by atomic mass is 10.3. The minimum absolute atomic E-state index is 0.116. The standard InChI is InChI=1S/C13H21N3OS/c1-10-12(9-17)18-13(14-10)16-6-4-15(5-7-16)8-11-2-3-11/h11,17H,2-9H2,1H3. The number of aliphatic hydroxyl groups excluding tert-OH is 1. The quantitative estimate of drug-likeness (QED) is 0.897. The highest BCUT2D eigenvalue weighted by molar-refractivity contribution is 7.15. The summed E-state index contributed by atoms with van der Waals surface area (Å²) in [6, 6.07) is 0. The Balaban J connectivity index is 1.57. The van der Waals surface area contributed by atoms with Crippen molar-refractivity contribution < 1.29 is 5.11 Å². The van der Waals surface area contributed by atoms with E-state index in [4.69, 9.17) is 0 Å². The van der Waals surface area contributed by atoms with Crippen molar-refractivity contribution in [2.24, 2.45) is 5.92 Å². The summed E-state index contributed by atoms with van der Waals surface area (Å²) in [5.74, 6) is 0.986. The van der Waals surface area contributed by atoms with E-state index in [9.17, 15) is 5.11 Å². The zero-order chi connectivity index (χ0) is 12.5. The Morgan fingerprint density at radius 1 is 1.28 bits per heavy atom. The summed E-state index contributed by atoms with van der Waals surface area (Å²) in [7, 11) is 0. The maximum atomic E-state index is 9.22. The molecular formula is C13H21N3OS. The van der Waals surface area contributed by atoms with Crippen molar-refractivity contribution in [2.45, 2.75) is 26.4 Å². The fourth-order valence-electron chi connectivity index (χ4n) is 2.48. The summed E-state index contributed by atoms with van der Waals surface area (Å²) >= 11 is 1.64. The first-order valence-electron chi connectivity index (χ1n) is 6.80. The molecule has 2 heterocycles. The fourth-order valence-corrected chi connectivity index (χ4v) is 3.45. The van der Waals surface area contributed by atoms with Crippen LogP contribution in [0.4, 0.5) is 5.13 Å². The number of anilines is 1. The first kappa shape index (κ1) is 12.4. The number of rotatable bonds is 4. The van der Waals surface area contributed by atoms with Crippen molar-refractivity contribution >= 4 is 16.5 Å². The number of hydrogen-bond donors (Lipinski definition) is 1. The second-order valence-electron chi connectivity index (χ2n) is 5.39. The molecule has 0 bridgehead atoms. The summed E-state index contributed by atoms with van der Waals surface area (Å²) < 4.78 is 0. The molecule has 2 fully saturated rings. The Bertz CT molecular complexity index is 408. The van der Waals surface area contributed by atoms with Gasteiger partial charge >= 0.3 is 0 Å². The molecule has 18 heavy (non-hydrogen) atoms. The first-order valence-corrected chi connectivity index (χ1v) is 7.62. The van der Waals surface area contributed by atoms with Crippen LogP contribution >= 0.6 is 11.3 Å². The van der Waals surface area contributed by atoms with E-state index in [0.29, 0.717) is 0 Å². The molecule has 0 spiro atoms. The third-order valence-corrected chi connectivity index (χ3v) is 5.08. The Morgan fingerprint density at radius 3 is 2.56 bits per heavy atom. The van der Waals surface area contributed by atoms with Crippen LogP contribution in [0.3, 0.4) is 0 Å². The molecule has 1 saturated carbocycles. The molecule has 0 radical (unpaired) electrons. The van der Waals surface area contributed by atoms with Crippen LogP contribution < -0.4 is 4.90 Å². The van der Waals surface area contributed by atoms with E-state index in [-0.39, 0.29) is 6.61 Å². The van der Waals surface area contributed by atoms with Crippen molar-refractivity contribution in [2.75, 3.05) is 37.6 Å². The van der Waals surface area contributed by atoms with Gasteiger partial charge < -0.3 is 10.0 Å². The van der Waals surface area contributed by atoms with Gasteiger partial charge in [0.1, 0.15) is 0 Å². The second-order valence-corrected chi connectivity index (χ2v) is 6.46. The molecular weight excluding hydrogens is 246 g/mol. The van der Waals surface area contributed by atoms with Crippen LogP contribution in [0.25, 0.3) is 0 Å². The monoisotopic (exact) mass is 267 g/mol. The summed E-state index contributed by atoms with van der Waals surface area (Å²) in [6.45, 7) is 7.86. The van der Waals surface area contributed by atoms with E-state index in [2.05, 4.69) is 14.8 Å². The van der Waals surface area contributed by atoms with Gasteiger partial charge in [0.15, 0.2) is 5.13 Å². The number of nitrogens with zero attached hydrogens (tertiary/aromatic N) is 3. The van der Waals surface area contributed by atoms with Crippen molar-refractivity contribution in [1.82, 2.24) is 9.88 Å². The van der Waals surface area contributed by atoms with Gasteiger partial charge in [-0.05, 0) is 25.7 Å². The van der Waals surface area contributed by atoms with E-state index in [1.54, 1.807) is 11.3 Å². The van der Waals surface area contributed by atoms with E-state index >= 15 is 0 Å². The predicted molar refractivity (Wildman–Crippen MR) is 74.2 cm³/mol. The number of hydrogen-bond acceptors (Lipinski definition) is 5. The fraction of sp³-hybridized carbons (Fsp3) is 0.769. The van der Waals surface area contributed by atoms with Crippen molar-refractivity contribution in [3.05, 3.63) is 10.6 Å². The van der Waals surface area contributed by atoms with Crippen LogP contribution in [-0.4, -0.2) is 47.7 Å². The number of aryl methyl sites for hydroxylation is 1. The van der Waals surface area contributed by atoms with Gasteiger partial charge in [0.05, 0.1) is 17.2 Å².